The van der Waals surface area contributed by atoms with Crippen LogP contribution < -0.4 is 21.7 Å². The van der Waals surface area contributed by atoms with Crippen LogP contribution >= 0.6 is 6.72 Å². The number of hydrogen-bond acceptors (Lipinski definition) is 9. The largest absolute Gasteiger partial charge is 0.382 e. The van der Waals surface area contributed by atoms with E-state index in [4.69, 9.17) is 24.8 Å². The molecule has 1 aromatic heterocycles. The molecule has 0 aromatic carbocycles. The molecule has 3 atom stereocenters. The number of nitrogens with two attached hydrogens (primary N) is 1. The van der Waals surface area contributed by atoms with Gasteiger partial charge in [0.15, 0.2) is 17.9 Å². The van der Waals surface area contributed by atoms with Crippen LogP contribution in [-0.2, 0) is 21.1 Å². The lowest BCUT2D eigenvalue weighted by atomic mass is 10.2. The maximum Gasteiger partial charge on any atom is 0.321 e. The molecule has 1 aromatic rings. The number of nitrogen functional groups attached to an aromatic ring is 1. The van der Waals surface area contributed by atoms with E-state index in [2.05, 4.69) is 32.7 Å². The van der Waals surface area contributed by atoms with Gasteiger partial charge in [0.1, 0.15) is 18.2 Å². The molecule has 0 radical (unpaired) electrons. The Hall–Kier alpha value is -1.14. The molecule has 1 saturated heterocycles. The summed E-state index contributed by atoms with van der Waals surface area (Å²) in [6.07, 6.45) is -1.71. The van der Waals surface area contributed by atoms with E-state index in [1.807, 2.05) is 0 Å². The van der Waals surface area contributed by atoms with Gasteiger partial charge in [-0.15, -0.1) is 5.53 Å². The van der Waals surface area contributed by atoms with Crippen LogP contribution in [0.1, 0.15) is 6.42 Å². The number of hydrazine groups is 2. The summed E-state index contributed by atoms with van der Waals surface area (Å²) in [7, 11) is 0. The second-order valence-electron chi connectivity index (χ2n) is 4.75. The summed E-state index contributed by atoms with van der Waals surface area (Å²) < 4.78 is 24.4. The van der Waals surface area contributed by atoms with Crippen LogP contribution in [0.4, 0.5) is 21.7 Å². The number of ether oxygens (including phenoxy) is 1. The fourth-order valence-corrected chi connectivity index (χ4v) is 2.80. The molecule has 13 heteroatoms. The van der Waals surface area contributed by atoms with Gasteiger partial charge < -0.3 is 24.8 Å². The van der Waals surface area contributed by atoms with Crippen LogP contribution in [0, 0.1) is 0 Å². The van der Waals surface area contributed by atoms with Crippen molar-refractivity contribution in [1.29, 1.82) is 0 Å². The predicted molar refractivity (Wildman–Crippen MR) is 78.5 cm³/mol. The quantitative estimate of drug-likeness (QED) is 0.444. The molecule has 22 heavy (non-hydrogen) atoms. The lowest BCUT2D eigenvalue weighted by molar-refractivity contribution is 0.0000298. The summed E-state index contributed by atoms with van der Waals surface area (Å²) in [4.78, 5) is 25.9. The van der Waals surface area contributed by atoms with Crippen molar-refractivity contribution in [3.05, 3.63) is 6.33 Å². The molecule has 2 aliphatic rings. The van der Waals surface area contributed by atoms with E-state index in [9.17, 15) is 4.39 Å². The zero-order valence-corrected chi connectivity index (χ0v) is 12.8. The molecule has 1 fully saturated rings. The number of alkyl halides is 1. The minimum Gasteiger partial charge on any atom is -0.382 e. The van der Waals surface area contributed by atoms with Gasteiger partial charge >= 0.3 is 6.72 Å². The van der Waals surface area contributed by atoms with Crippen molar-refractivity contribution in [2.24, 2.45) is 0 Å². The molecule has 3 heterocycles. The summed E-state index contributed by atoms with van der Waals surface area (Å²) >= 11 is 4.34. The molecule has 0 unspecified atom stereocenters. The van der Waals surface area contributed by atoms with Gasteiger partial charge in [0, 0.05) is 6.42 Å². The van der Waals surface area contributed by atoms with Crippen molar-refractivity contribution in [1.82, 2.24) is 15.5 Å². The van der Waals surface area contributed by atoms with Gasteiger partial charge in [0.05, 0.1) is 12.7 Å². The van der Waals surface area contributed by atoms with Gasteiger partial charge in [0.2, 0.25) is 0 Å². The second kappa shape index (κ2) is 5.81. The Bertz CT molecular complexity index is 620. The molecule has 0 aliphatic carbocycles. The van der Waals surface area contributed by atoms with Crippen LogP contribution in [0.2, 0.25) is 0 Å². The highest BCUT2D eigenvalue weighted by Gasteiger charge is 2.43. The number of halogens is 1. The molecular weight excluding hydrogens is 338 g/mol. The first-order valence-electron chi connectivity index (χ1n) is 6.26. The average Bonchev–Trinajstić information content (AvgIpc) is 3.00. The summed E-state index contributed by atoms with van der Waals surface area (Å²) in [5, 5.41) is 1.35. The van der Waals surface area contributed by atoms with Gasteiger partial charge in [-0.1, -0.05) is 0 Å². The predicted octanol–water partition coefficient (Wildman–Crippen LogP) is -0.611. The van der Waals surface area contributed by atoms with Crippen LogP contribution in [0.25, 0.3) is 0 Å². The molecule has 122 valence electrons. The molecule has 0 amide bonds. The number of fused-ring (bicyclic) bond motifs is 1. The summed E-state index contributed by atoms with van der Waals surface area (Å²) in [6.45, 7) is -4.00. The number of nitrogens with zero attached hydrogens (tertiary/aromatic N) is 3. The first-order valence-corrected chi connectivity index (χ1v) is 8.88. The van der Waals surface area contributed by atoms with Crippen molar-refractivity contribution in [3.8, 4) is 0 Å². The van der Waals surface area contributed by atoms with Crippen molar-refractivity contribution in [3.63, 3.8) is 0 Å². The number of nitrogens with one attached hydrogen (secondary N) is 2. The maximum atomic E-state index is 14.2. The molecule has 3 rings (SSSR count). The van der Waals surface area contributed by atoms with E-state index < -0.39 is 25.2 Å². The summed E-state index contributed by atoms with van der Waals surface area (Å²) in [6, 6.07) is 0. The molecular formula is C9H14FN6O4PS. The molecule has 0 spiro atoms. The minimum absolute atomic E-state index is 0.0219. The Labute approximate surface area is 129 Å². The summed E-state index contributed by atoms with van der Waals surface area (Å²) in [5.74, 6) is 0.575. The third-order valence-corrected chi connectivity index (χ3v) is 4.00. The Morgan fingerprint density at radius 3 is 3.09 bits per heavy atom. The highest BCUT2D eigenvalue weighted by atomic mass is 32.5. The fourth-order valence-electron chi connectivity index (χ4n) is 2.26. The smallest absolute Gasteiger partial charge is 0.321 e. The average molecular weight is 352 g/mol. The van der Waals surface area contributed by atoms with Crippen LogP contribution in [0.3, 0.4) is 0 Å². The Balaban J connectivity index is 1.70. The van der Waals surface area contributed by atoms with Gasteiger partial charge in [-0.25, -0.2) is 19.4 Å². The van der Waals surface area contributed by atoms with E-state index in [0.29, 0.717) is 11.5 Å². The molecule has 6 N–H and O–H groups in total. The number of rotatable bonds is 4. The SMILES string of the molecule is Nc1ncnc2c1NNN2[C@@H]1O[C@H](COP(O)(O)=S)C[C@@H]1F. The Morgan fingerprint density at radius 2 is 2.36 bits per heavy atom. The fraction of sp³-hybridized carbons (Fsp3) is 0.556. The zero-order valence-electron chi connectivity index (χ0n) is 11.1. The van der Waals surface area contributed by atoms with Gasteiger partial charge in [0.25, 0.3) is 0 Å². The highest BCUT2D eigenvalue weighted by Crippen LogP contribution is 2.39. The molecule has 10 nitrogen and oxygen atoms in total. The lowest BCUT2D eigenvalue weighted by Gasteiger charge is -2.25. The zero-order chi connectivity index (χ0) is 15.9. The standard InChI is InChI=1S/C9H14FN6O4PS/c10-5-1-4(2-19-21(17,18)22)20-9(5)16-8-6(14-15-16)7(11)12-3-13-8/h3-5,9,14-15H,1-2H2,(H2,11,12,13)(H2,17,18,22)/t4-,5-,9+/m0/s1. The van der Waals surface area contributed by atoms with Gasteiger partial charge in [-0.05, 0) is 11.8 Å². The number of aromatic nitrogens is 2. The van der Waals surface area contributed by atoms with E-state index >= 15 is 0 Å². The number of anilines is 3. The highest BCUT2D eigenvalue weighted by molar-refractivity contribution is 8.06. The van der Waals surface area contributed by atoms with Crippen molar-refractivity contribution < 1.29 is 23.4 Å². The van der Waals surface area contributed by atoms with E-state index in [1.165, 1.54) is 11.3 Å². The van der Waals surface area contributed by atoms with Gasteiger partial charge in [-0.3, -0.25) is 5.43 Å². The van der Waals surface area contributed by atoms with Gasteiger partial charge in [-0.2, -0.15) is 0 Å². The summed E-state index contributed by atoms with van der Waals surface area (Å²) in [5.41, 5.74) is 11.6. The minimum atomic E-state index is -3.79. The first-order chi connectivity index (χ1) is 10.3. The van der Waals surface area contributed by atoms with Crippen molar-refractivity contribution >= 4 is 35.8 Å². The normalized spacial score (nSPS) is 27.8. The second-order valence-corrected chi connectivity index (χ2v) is 7.42. The van der Waals surface area contributed by atoms with Crippen LogP contribution in [-0.4, -0.2) is 44.9 Å². The van der Waals surface area contributed by atoms with E-state index in [0.717, 1.165) is 0 Å². The molecule has 2 aliphatic heterocycles. The van der Waals surface area contributed by atoms with E-state index in [1.54, 1.807) is 0 Å². The lowest BCUT2D eigenvalue weighted by Crippen LogP contribution is -2.48. The Kier molecular flexibility index (Phi) is 4.16. The molecule has 0 saturated carbocycles. The Morgan fingerprint density at radius 1 is 1.59 bits per heavy atom. The molecule has 0 bridgehead atoms. The van der Waals surface area contributed by atoms with Crippen molar-refractivity contribution in [2.75, 3.05) is 22.8 Å². The van der Waals surface area contributed by atoms with E-state index in [-0.39, 0.29) is 18.8 Å². The number of hydrogen-bond donors (Lipinski definition) is 5. The maximum absolute atomic E-state index is 14.2. The van der Waals surface area contributed by atoms with Crippen LogP contribution in [0.5, 0.6) is 0 Å². The first kappa shape index (κ1) is 15.7. The monoisotopic (exact) mass is 352 g/mol. The topological polar surface area (TPSA) is 138 Å². The third kappa shape index (κ3) is 3.13. The third-order valence-electron chi connectivity index (χ3n) is 3.20. The van der Waals surface area contributed by atoms with Crippen LogP contribution in [0.15, 0.2) is 6.33 Å². The van der Waals surface area contributed by atoms with Crippen molar-refractivity contribution in [2.45, 2.75) is 24.9 Å².